The molecule has 5 nitrogen and oxygen atoms in total. The summed E-state index contributed by atoms with van der Waals surface area (Å²) in [6, 6.07) is 14.3. The first-order chi connectivity index (χ1) is 13.1. The lowest BCUT2D eigenvalue weighted by atomic mass is 10.1. The number of aryl methyl sites for hydroxylation is 1. The Bertz CT molecular complexity index is 854. The van der Waals surface area contributed by atoms with Crippen LogP contribution in [0.15, 0.2) is 54.7 Å². The summed E-state index contributed by atoms with van der Waals surface area (Å²) in [6.45, 7) is 3.50. The van der Waals surface area contributed by atoms with Gasteiger partial charge < -0.3 is 10.2 Å². The Labute approximate surface area is 158 Å². The Morgan fingerprint density at radius 3 is 2.19 bits per heavy atom. The van der Waals surface area contributed by atoms with Crippen molar-refractivity contribution in [3.8, 4) is 16.9 Å². The molecule has 27 heavy (non-hydrogen) atoms. The molecule has 3 rings (SSSR count). The lowest BCUT2D eigenvalue weighted by molar-refractivity contribution is 0.156. The Morgan fingerprint density at radius 1 is 0.963 bits per heavy atom. The van der Waals surface area contributed by atoms with E-state index in [1.807, 2.05) is 47.0 Å². The molecule has 0 saturated carbocycles. The highest BCUT2D eigenvalue weighted by Crippen LogP contribution is 2.25. The lowest BCUT2D eigenvalue weighted by Gasteiger charge is -2.19. The summed E-state index contributed by atoms with van der Waals surface area (Å²) < 4.78 is 15.1. The summed E-state index contributed by atoms with van der Waals surface area (Å²) in [4.78, 5) is 1.96. The minimum absolute atomic E-state index is 0.0119. The molecule has 0 bridgehead atoms. The summed E-state index contributed by atoms with van der Waals surface area (Å²) in [7, 11) is 0. The van der Waals surface area contributed by atoms with Gasteiger partial charge in [0.15, 0.2) is 0 Å². The molecular formula is C21H24FN3O2. The molecule has 0 saturated heterocycles. The number of rotatable bonds is 8. The maximum absolute atomic E-state index is 13.3. The second-order valence-corrected chi connectivity index (χ2v) is 6.51. The van der Waals surface area contributed by atoms with E-state index in [0.29, 0.717) is 19.6 Å². The first-order valence-corrected chi connectivity index (χ1v) is 8.96. The first-order valence-electron chi connectivity index (χ1n) is 8.96. The average Bonchev–Trinajstić information content (AvgIpc) is 3.07. The van der Waals surface area contributed by atoms with Gasteiger partial charge in [0.2, 0.25) is 0 Å². The Morgan fingerprint density at radius 2 is 1.59 bits per heavy atom. The van der Waals surface area contributed by atoms with Crippen molar-refractivity contribution in [3.05, 3.63) is 71.7 Å². The van der Waals surface area contributed by atoms with E-state index in [1.54, 1.807) is 12.1 Å². The number of hydrogen-bond donors (Lipinski definition) is 2. The predicted octanol–water partition coefficient (Wildman–Crippen LogP) is 2.77. The number of hydrogen-bond acceptors (Lipinski definition) is 4. The van der Waals surface area contributed by atoms with Gasteiger partial charge in [0.1, 0.15) is 5.82 Å². The van der Waals surface area contributed by atoms with Crippen molar-refractivity contribution in [3.63, 3.8) is 0 Å². The van der Waals surface area contributed by atoms with E-state index in [0.717, 1.165) is 22.5 Å². The van der Waals surface area contributed by atoms with Crippen LogP contribution in [0.5, 0.6) is 0 Å². The highest BCUT2D eigenvalue weighted by molar-refractivity contribution is 5.63. The number of halogens is 1. The number of nitrogens with zero attached hydrogens (tertiary/aromatic N) is 3. The second kappa shape index (κ2) is 8.90. The molecule has 2 N–H and O–H groups in total. The van der Waals surface area contributed by atoms with Gasteiger partial charge in [-0.1, -0.05) is 17.7 Å². The third-order valence-electron chi connectivity index (χ3n) is 4.43. The molecule has 0 fully saturated rings. The normalized spacial score (nSPS) is 11.3. The molecule has 0 aliphatic carbocycles. The van der Waals surface area contributed by atoms with Crippen LogP contribution in [0.4, 0.5) is 4.39 Å². The summed E-state index contributed by atoms with van der Waals surface area (Å²) in [5.41, 5.74) is 4.64. The van der Waals surface area contributed by atoms with Gasteiger partial charge in [-0.25, -0.2) is 9.07 Å². The second-order valence-electron chi connectivity index (χ2n) is 6.51. The molecule has 0 radical (unpaired) electrons. The maximum atomic E-state index is 13.3. The highest BCUT2D eigenvalue weighted by Gasteiger charge is 2.15. The van der Waals surface area contributed by atoms with E-state index in [-0.39, 0.29) is 19.0 Å². The van der Waals surface area contributed by atoms with Gasteiger partial charge in [0.25, 0.3) is 0 Å². The number of aromatic nitrogens is 2. The van der Waals surface area contributed by atoms with E-state index in [4.69, 9.17) is 5.10 Å². The highest BCUT2D eigenvalue weighted by atomic mass is 19.1. The first kappa shape index (κ1) is 19.2. The van der Waals surface area contributed by atoms with Crippen LogP contribution in [0.25, 0.3) is 16.9 Å². The van der Waals surface area contributed by atoms with Crippen LogP contribution in [0.2, 0.25) is 0 Å². The van der Waals surface area contributed by atoms with Crippen LogP contribution < -0.4 is 0 Å². The molecular weight excluding hydrogens is 345 g/mol. The Balaban J connectivity index is 2.00. The van der Waals surface area contributed by atoms with Gasteiger partial charge >= 0.3 is 0 Å². The smallest absolute Gasteiger partial charge is 0.123 e. The fourth-order valence-corrected chi connectivity index (χ4v) is 3.00. The molecule has 0 aliphatic rings. The summed E-state index contributed by atoms with van der Waals surface area (Å²) in [5, 5.41) is 23.3. The van der Waals surface area contributed by atoms with Crippen molar-refractivity contribution in [2.24, 2.45) is 0 Å². The molecule has 0 unspecified atom stereocenters. The fourth-order valence-electron chi connectivity index (χ4n) is 3.00. The van der Waals surface area contributed by atoms with Crippen LogP contribution >= 0.6 is 0 Å². The zero-order valence-corrected chi connectivity index (χ0v) is 15.3. The van der Waals surface area contributed by atoms with E-state index in [1.165, 1.54) is 17.7 Å². The SMILES string of the molecule is Cc1ccc(-n2cc(CN(CCO)CCO)c(-c3ccc(F)cc3)n2)cc1. The summed E-state index contributed by atoms with van der Waals surface area (Å²) in [5.74, 6) is -0.291. The van der Waals surface area contributed by atoms with Gasteiger partial charge in [0.05, 0.1) is 24.6 Å². The van der Waals surface area contributed by atoms with E-state index < -0.39 is 0 Å². The van der Waals surface area contributed by atoms with E-state index in [9.17, 15) is 14.6 Å². The molecule has 0 aliphatic heterocycles. The predicted molar refractivity (Wildman–Crippen MR) is 103 cm³/mol. The van der Waals surface area contributed by atoms with Crippen LogP contribution in [-0.2, 0) is 6.54 Å². The molecule has 6 heteroatoms. The molecule has 3 aromatic rings. The monoisotopic (exact) mass is 369 g/mol. The molecule has 2 aromatic carbocycles. The third kappa shape index (κ3) is 4.80. The molecule has 0 spiro atoms. The van der Waals surface area contributed by atoms with Crippen LogP contribution in [0, 0.1) is 12.7 Å². The largest absolute Gasteiger partial charge is 0.395 e. The number of aliphatic hydroxyl groups is 2. The standard InChI is InChI=1S/C21H24FN3O2/c1-16-2-8-20(9-3-16)25-15-18(14-24(10-12-26)11-13-27)21(23-25)17-4-6-19(22)7-5-17/h2-9,15,26-27H,10-14H2,1H3. The zero-order chi connectivity index (χ0) is 19.2. The number of benzene rings is 2. The van der Waals surface area contributed by atoms with Crippen LogP contribution in [-0.4, -0.2) is 51.2 Å². The van der Waals surface area contributed by atoms with Crippen molar-refractivity contribution in [1.82, 2.24) is 14.7 Å². The average molecular weight is 369 g/mol. The zero-order valence-electron chi connectivity index (χ0n) is 15.3. The Kier molecular flexibility index (Phi) is 6.34. The van der Waals surface area contributed by atoms with Gasteiger partial charge in [0, 0.05) is 37.0 Å². The maximum Gasteiger partial charge on any atom is 0.123 e. The van der Waals surface area contributed by atoms with Gasteiger partial charge in [-0.3, -0.25) is 4.90 Å². The summed E-state index contributed by atoms with van der Waals surface area (Å²) in [6.07, 6.45) is 1.95. The minimum atomic E-state index is -0.291. The topological polar surface area (TPSA) is 61.5 Å². The van der Waals surface area contributed by atoms with Crippen molar-refractivity contribution in [1.29, 1.82) is 0 Å². The summed E-state index contributed by atoms with van der Waals surface area (Å²) >= 11 is 0. The molecule has 0 amide bonds. The molecule has 0 atom stereocenters. The van der Waals surface area contributed by atoms with Crippen molar-refractivity contribution >= 4 is 0 Å². The van der Waals surface area contributed by atoms with E-state index >= 15 is 0 Å². The third-order valence-corrected chi connectivity index (χ3v) is 4.43. The molecule has 142 valence electrons. The van der Waals surface area contributed by atoms with Crippen molar-refractivity contribution in [2.45, 2.75) is 13.5 Å². The molecule has 1 aromatic heterocycles. The van der Waals surface area contributed by atoms with E-state index in [2.05, 4.69) is 0 Å². The van der Waals surface area contributed by atoms with Crippen molar-refractivity contribution < 1.29 is 14.6 Å². The van der Waals surface area contributed by atoms with Gasteiger partial charge in [-0.05, 0) is 43.3 Å². The quantitative estimate of drug-likeness (QED) is 0.641. The van der Waals surface area contributed by atoms with Crippen LogP contribution in [0.1, 0.15) is 11.1 Å². The number of aliphatic hydroxyl groups excluding tert-OH is 2. The van der Waals surface area contributed by atoms with Crippen LogP contribution in [0.3, 0.4) is 0 Å². The minimum Gasteiger partial charge on any atom is -0.395 e. The van der Waals surface area contributed by atoms with Gasteiger partial charge in [-0.15, -0.1) is 0 Å². The van der Waals surface area contributed by atoms with Crippen molar-refractivity contribution in [2.75, 3.05) is 26.3 Å². The lowest BCUT2D eigenvalue weighted by Crippen LogP contribution is -2.29. The molecule has 1 heterocycles. The Hall–Kier alpha value is -2.54. The van der Waals surface area contributed by atoms with Gasteiger partial charge in [-0.2, -0.15) is 5.10 Å². The fraction of sp³-hybridized carbons (Fsp3) is 0.286.